The summed E-state index contributed by atoms with van der Waals surface area (Å²) < 4.78 is 6.98. The van der Waals surface area contributed by atoms with Gasteiger partial charge in [-0.1, -0.05) is 27.5 Å². The molecule has 0 aliphatic carbocycles. The van der Waals surface area contributed by atoms with Gasteiger partial charge in [-0.25, -0.2) is 4.98 Å². The van der Waals surface area contributed by atoms with Crippen molar-refractivity contribution in [1.82, 2.24) is 10.3 Å². The highest BCUT2D eigenvalue weighted by Gasteiger charge is 2.11. The van der Waals surface area contributed by atoms with Gasteiger partial charge in [-0.15, -0.1) is 22.7 Å². The Balaban J connectivity index is 1.60. The zero-order valence-corrected chi connectivity index (χ0v) is 17.2. The molecule has 4 nitrogen and oxygen atoms in total. The first-order valence-electron chi connectivity index (χ1n) is 7.34. The molecule has 1 aromatic carbocycles. The molecule has 1 N–H and O–H groups in total. The topological polar surface area (TPSA) is 51.2 Å². The molecule has 0 saturated heterocycles. The van der Waals surface area contributed by atoms with Crippen molar-refractivity contribution in [3.63, 3.8) is 0 Å². The number of methoxy groups -OCH3 is 1. The number of carbonyl (C=O) groups is 1. The van der Waals surface area contributed by atoms with E-state index in [4.69, 9.17) is 16.3 Å². The van der Waals surface area contributed by atoms with Gasteiger partial charge in [0.15, 0.2) is 0 Å². The van der Waals surface area contributed by atoms with Crippen LogP contribution in [0.2, 0.25) is 4.34 Å². The number of carbonyl (C=O) groups excluding carboxylic acids is 1. The predicted molar refractivity (Wildman–Crippen MR) is 107 cm³/mol. The Bertz CT molecular complexity index is 894. The molecule has 0 spiro atoms. The molecule has 0 aliphatic heterocycles. The number of ether oxygens (including phenoxy) is 1. The average molecular weight is 458 g/mol. The number of hydrogen-bond acceptors (Lipinski definition) is 5. The molecule has 0 bridgehead atoms. The highest BCUT2D eigenvalue weighted by molar-refractivity contribution is 9.10. The lowest BCUT2D eigenvalue weighted by Gasteiger charge is -2.10. The fraction of sp³-hybridized carbons (Fsp3) is 0.176. The van der Waals surface area contributed by atoms with Crippen LogP contribution in [0.3, 0.4) is 0 Å². The normalized spacial score (nSPS) is 10.7. The van der Waals surface area contributed by atoms with Gasteiger partial charge < -0.3 is 10.1 Å². The number of nitrogens with zero attached hydrogens (tertiary/aromatic N) is 1. The highest BCUT2D eigenvalue weighted by atomic mass is 79.9. The standard InChI is InChI=1S/C17H14BrClN2O2S2/c1-23-13-3-2-11(18)6-10(13)8-20-16(22)7-12-9-24-17(21-12)14-4-5-15(19)25-14/h2-6,9H,7-8H2,1H3,(H,20,22). The SMILES string of the molecule is COc1ccc(Br)cc1CNC(=O)Cc1csc(-c2ccc(Cl)s2)n1. The molecule has 0 radical (unpaired) electrons. The lowest BCUT2D eigenvalue weighted by Crippen LogP contribution is -2.24. The number of halogens is 2. The molecular weight excluding hydrogens is 444 g/mol. The molecule has 3 rings (SSSR count). The van der Waals surface area contributed by atoms with E-state index < -0.39 is 0 Å². The van der Waals surface area contributed by atoms with Crippen LogP contribution in [0, 0.1) is 0 Å². The predicted octanol–water partition coefficient (Wildman–Crippen LogP) is 5.16. The molecule has 0 aliphatic rings. The third-order valence-electron chi connectivity index (χ3n) is 3.40. The van der Waals surface area contributed by atoms with Crippen LogP contribution < -0.4 is 10.1 Å². The number of aromatic nitrogens is 1. The number of nitrogens with one attached hydrogen (secondary N) is 1. The van der Waals surface area contributed by atoms with Gasteiger partial charge in [0, 0.05) is 22.0 Å². The Hall–Kier alpha value is -1.41. The van der Waals surface area contributed by atoms with Crippen LogP contribution in [0.4, 0.5) is 0 Å². The Morgan fingerprint density at radius 3 is 2.92 bits per heavy atom. The summed E-state index contributed by atoms with van der Waals surface area (Å²) in [7, 11) is 1.61. The number of amides is 1. The minimum absolute atomic E-state index is 0.0805. The van der Waals surface area contributed by atoms with Crippen LogP contribution >= 0.6 is 50.2 Å². The van der Waals surface area contributed by atoms with Crippen LogP contribution in [-0.4, -0.2) is 18.0 Å². The van der Waals surface area contributed by atoms with Gasteiger partial charge in [-0.05, 0) is 30.3 Å². The third kappa shape index (κ3) is 4.82. The lowest BCUT2D eigenvalue weighted by atomic mass is 10.2. The Morgan fingerprint density at radius 2 is 2.20 bits per heavy atom. The van der Waals surface area contributed by atoms with E-state index in [9.17, 15) is 4.79 Å². The van der Waals surface area contributed by atoms with Gasteiger partial charge in [0.05, 0.1) is 28.4 Å². The second kappa shape index (κ2) is 8.31. The van der Waals surface area contributed by atoms with Gasteiger partial charge in [0.25, 0.3) is 0 Å². The third-order valence-corrected chi connectivity index (χ3v) is 6.18. The maximum absolute atomic E-state index is 12.2. The van der Waals surface area contributed by atoms with Crippen LogP contribution in [0.1, 0.15) is 11.3 Å². The van der Waals surface area contributed by atoms with Crippen molar-refractivity contribution >= 4 is 56.1 Å². The molecule has 130 valence electrons. The molecule has 3 aromatic rings. The van der Waals surface area contributed by atoms with E-state index in [0.29, 0.717) is 6.54 Å². The molecule has 0 unspecified atom stereocenters. The van der Waals surface area contributed by atoms with Crippen LogP contribution in [0.15, 0.2) is 40.2 Å². The van der Waals surface area contributed by atoms with Crippen molar-refractivity contribution in [2.75, 3.05) is 7.11 Å². The second-order valence-electron chi connectivity index (χ2n) is 5.16. The average Bonchev–Trinajstić information content (AvgIpc) is 3.22. The molecule has 2 aromatic heterocycles. The van der Waals surface area contributed by atoms with Gasteiger partial charge in [0.2, 0.25) is 5.91 Å². The molecule has 0 atom stereocenters. The molecular formula is C17H14BrClN2O2S2. The van der Waals surface area contributed by atoms with Crippen molar-refractivity contribution in [3.05, 3.63) is 55.8 Å². The van der Waals surface area contributed by atoms with E-state index >= 15 is 0 Å². The van der Waals surface area contributed by atoms with Crippen molar-refractivity contribution in [2.24, 2.45) is 0 Å². The van der Waals surface area contributed by atoms with Crippen molar-refractivity contribution in [3.8, 4) is 15.6 Å². The van der Waals surface area contributed by atoms with Gasteiger partial charge in [-0.3, -0.25) is 4.79 Å². The van der Waals surface area contributed by atoms with E-state index in [1.54, 1.807) is 7.11 Å². The Morgan fingerprint density at radius 1 is 1.36 bits per heavy atom. The lowest BCUT2D eigenvalue weighted by molar-refractivity contribution is -0.120. The van der Waals surface area contributed by atoms with Crippen LogP contribution in [0.5, 0.6) is 5.75 Å². The fourth-order valence-electron chi connectivity index (χ4n) is 2.24. The Kier molecular flexibility index (Phi) is 6.11. The zero-order chi connectivity index (χ0) is 17.8. The van der Waals surface area contributed by atoms with Crippen LogP contribution in [-0.2, 0) is 17.8 Å². The zero-order valence-electron chi connectivity index (χ0n) is 13.2. The second-order valence-corrected chi connectivity index (χ2v) is 8.65. The molecule has 8 heteroatoms. The molecule has 1 amide bonds. The quantitative estimate of drug-likeness (QED) is 0.556. The highest BCUT2D eigenvalue weighted by Crippen LogP contribution is 2.33. The summed E-state index contributed by atoms with van der Waals surface area (Å²) in [6.07, 6.45) is 0.242. The van der Waals surface area contributed by atoms with E-state index in [2.05, 4.69) is 26.2 Å². The summed E-state index contributed by atoms with van der Waals surface area (Å²) in [5, 5.41) is 5.70. The van der Waals surface area contributed by atoms with Gasteiger partial charge in [0.1, 0.15) is 10.8 Å². The minimum atomic E-state index is -0.0805. The molecule has 0 fully saturated rings. The Labute approximate surface area is 167 Å². The number of hydrogen-bond donors (Lipinski definition) is 1. The maximum Gasteiger partial charge on any atom is 0.226 e. The summed E-state index contributed by atoms with van der Waals surface area (Å²) in [6.45, 7) is 0.402. The minimum Gasteiger partial charge on any atom is -0.496 e. The van der Waals surface area contributed by atoms with E-state index in [-0.39, 0.29) is 12.3 Å². The van der Waals surface area contributed by atoms with Crippen molar-refractivity contribution < 1.29 is 9.53 Å². The van der Waals surface area contributed by atoms with Gasteiger partial charge in [-0.2, -0.15) is 0 Å². The monoisotopic (exact) mass is 456 g/mol. The first-order chi connectivity index (χ1) is 12.0. The van der Waals surface area contributed by atoms with E-state index in [1.807, 2.05) is 35.7 Å². The fourth-order valence-corrected chi connectivity index (χ4v) is 4.58. The smallest absolute Gasteiger partial charge is 0.226 e. The summed E-state index contributed by atoms with van der Waals surface area (Å²) in [5.41, 5.74) is 1.67. The summed E-state index contributed by atoms with van der Waals surface area (Å²) in [4.78, 5) is 17.7. The van der Waals surface area contributed by atoms with Crippen LogP contribution in [0.25, 0.3) is 9.88 Å². The summed E-state index contributed by atoms with van der Waals surface area (Å²) in [5.74, 6) is 0.664. The maximum atomic E-state index is 12.2. The summed E-state index contributed by atoms with van der Waals surface area (Å²) in [6, 6.07) is 9.48. The molecule has 25 heavy (non-hydrogen) atoms. The van der Waals surface area contributed by atoms with E-state index in [1.165, 1.54) is 22.7 Å². The summed E-state index contributed by atoms with van der Waals surface area (Å²) >= 11 is 12.4. The van der Waals surface area contributed by atoms with Gasteiger partial charge >= 0.3 is 0 Å². The van der Waals surface area contributed by atoms with E-state index in [0.717, 1.165) is 35.7 Å². The number of benzene rings is 1. The number of thiazole rings is 1. The molecule has 2 heterocycles. The number of rotatable bonds is 6. The first-order valence-corrected chi connectivity index (χ1v) is 10.2. The van der Waals surface area contributed by atoms with Crippen molar-refractivity contribution in [2.45, 2.75) is 13.0 Å². The largest absolute Gasteiger partial charge is 0.496 e. The molecule has 0 saturated carbocycles. The van der Waals surface area contributed by atoms with Crippen molar-refractivity contribution in [1.29, 1.82) is 0 Å². The first kappa shape index (κ1) is 18.4. The number of thiophene rings is 1.